The van der Waals surface area contributed by atoms with E-state index in [-0.39, 0.29) is 0 Å². The van der Waals surface area contributed by atoms with Crippen LogP contribution >= 0.6 is 0 Å². The molecule has 0 atom stereocenters. The first-order chi connectivity index (χ1) is 4.84. The summed E-state index contributed by atoms with van der Waals surface area (Å²) in [6, 6.07) is 0. The molecule has 0 aromatic carbocycles. The molecule has 0 aliphatic heterocycles. The van der Waals surface area contributed by atoms with E-state index in [1.807, 2.05) is 0 Å². The van der Waals surface area contributed by atoms with E-state index >= 15 is 0 Å². The van der Waals surface area contributed by atoms with Crippen LogP contribution in [0.2, 0.25) is 0 Å². The van der Waals surface area contributed by atoms with Gasteiger partial charge in [-0.3, -0.25) is 4.79 Å². The number of amides is 1. The molecular weight excluding hydrogens is 130 g/mol. The average Bonchev–Trinajstić information content (AvgIpc) is 2.05. The summed E-state index contributed by atoms with van der Waals surface area (Å²) in [5, 5.41) is 0. The lowest BCUT2D eigenvalue weighted by Crippen LogP contribution is -2.13. The molecule has 4 heteroatoms. The summed E-state index contributed by atoms with van der Waals surface area (Å²) in [7, 11) is 1.64. The van der Waals surface area contributed by atoms with Crippen molar-refractivity contribution in [1.82, 2.24) is 9.97 Å². The molecule has 0 saturated heterocycles. The molecule has 0 fully saturated rings. The molecule has 0 N–H and O–H groups in total. The Bertz CT molecular complexity index is 211. The Kier molecular flexibility index (Phi) is 1.94. The van der Waals surface area contributed by atoms with Crippen LogP contribution in [0.4, 0.5) is 5.69 Å². The normalized spacial score (nSPS) is 8.90. The Morgan fingerprint density at radius 2 is 2.10 bits per heavy atom. The minimum atomic E-state index is 0.692. The Hall–Kier alpha value is -1.45. The smallest absolute Gasteiger partial charge is 0.213 e. The maximum atomic E-state index is 10.2. The number of aromatic nitrogens is 2. The lowest BCUT2D eigenvalue weighted by Gasteiger charge is -2.07. The van der Waals surface area contributed by atoms with Gasteiger partial charge in [0.05, 0.1) is 18.1 Å². The number of nitrogens with zero attached hydrogens (tertiary/aromatic N) is 3. The van der Waals surface area contributed by atoms with Crippen molar-refractivity contribution >= 4 is 12.1 Å². The lowest BCUT2D eigenvalue weighted by atomic mass is 10.5. The molecule has 1 amide bonds. The Labute approximate surface area is 58.5 Å². The van der Waals surface area contributed by atoms with E-state index in [0.717, 1.165) is 0 Å². The van der Waals surface area contributed by atoms with Crippen LogP contribution in [0, 0.1) is 0 Å². The monoisotopic (exact) mass is 137 g/mol. The standard InChI is InChI=1S/C6H7N3O/c1-9(5-10)6-2-7-4-8-3-6/h2-5H,1H3. The fourth-order valence-electron chi connectivity index (χ4n) is 0.534. The SMILES string of the molecule is CN(C=O)c1cncnc1. The molecule has 0 unspecified atom stereocenters. The topological polar surface area (TPSA) is 46.1 Å². The summed E-state index contributed by atoms with van der Waals surface area (Å²) < 4.78 is 0. The number of rotatable bonds is 2. The van der Waals surface area contributed by atoms with Gasteiger partial charge >= 0.3 is 0 Å². The van der Waals surface area contributed by atoms with Crippen LogP contribution in [0.25, 0.3) is 0 Å². The largest absolute Gasteiger partial charge is 0.315 e. The predicted octanol–water partition coefficient (Wildman–Crippen LogP) is 0.0692. The van der Waals surface area contributed by atoms with E-state index in [9.17, 15) is 4.79 Å². The van der Waals surface area contributed by atoms with E-state index in [1.54, 1.807) is 19.4 Å². The Balaban J connectivity index is 2.84. The van der Waals surface area contributed by atoms with Gasteiger partial charge in [-0.25, -0.2) is 9.97 Å². The highest BCUT2D eigenvalue weighted by Gasteiger charge is 1.95. The van der Waals surface area contributed by atoms with Gasteiger partial charge in [-0.1, -0.05) is 0 Å². The van der Waals surface area contributed by atoms with Gasteiger partial charge in [0.25, 0.3) is 0 Å². The molecule has 52 valence electrons. The first kappa shape index (κ1) is 6.67. The molecule has 0 aliphatic carbocycles. The first-order valence-electron chi connectivity index (χ1n) is 2.77. The van der Waals surface area contributed by atoms with Crippen molar-refractivity contribution in [1.29, 1.82) is 0 Å². The fraction of sp³-hybridized carbons (Fsp3) is 0.167. The lowest BCUT2D eigenvalue weighted by molar-refractivity contribution is -0.107. The molecule has 4 nitrogen and oxygen atoms in total. The van der Waals surface area contributed by atoms with Crippen LogP contribution in [0.15, 0.2) is 18.7 Å². The molecule has 1 aromatic heterocycles. The molecule has 10 heavy (non-hydrogen) atoms. The van der Waals surface area contributed by atoms with Gasteiger partial charge in [0, 0.05) is 7.05 Å². The summed E-state index contributed by atoms with van der Waals surface area (Å²) in [4.78, 5) is 19.1. The van der Waals surface area contributed by atoms with Crippen LogP contribution in [0.3, 0.4) is 0 Å². The number of anilines is 1. The van der Waals surface area contributed by atoms with Crippen LogP contribution in [-0.4, -0.2) is 23.4 Å². The summed E-state index contributed by atoms with van der Waals surface area (Å²) in [6.45, 7) is 0. The highest BCUT2D eigenvalue weighted by Crippen LogP contribution is 2.03. The van der Waals surface area contributed by atoms with Gasteiger partial charge in [-0.2, -0.15) is 0 Å². The van der Waals surface area contributed by atoms with Crippen LogP contribution in [0.1, 0.15) is 0 Å². The molecule has 0 aliphatic rings. The predicted molar refractivity (Wildman–Crippen MR) is 36.5 cm³/mol. The number of hydrogen-bond acceptors (Lipinski definition) is 3. The zero-order valence-electron chi connectivity index (χ0n) is 5.56. The molecule has 0 saturated carbocycles. The minimum Gasteiger partial charge on any atom is -0.315 e. The molecule has 1 aromatic rings. The molecule has 1 heterocycles. The maximum Gasteiger partial charge on any atom is 0.213 e. The maximum absolute atomic E-state index is 10.2. The quantitative estimate of drug-likeness (QED) is 0.542. The van der Waals surface area contributed by atoms with Gasteiger partial charge in [0.1, 0.15) is 6.33 Å². The molecule has 0 spiro atoms. The van der Waals surface area contributed by atoms with Crippen LogP contribution in [-0.2, 0) is 4.79 Å². The zero-order valence-corrected chi connectivity index (χ0v) is 5.56. The van der Waals surface area contributed by atoms with Crippen LogP contribution in [0.5, 0.6) is 0 Å². The molecule has 1 rings (SSSR count). The second-order valence-electron chi connectivity index (χ2n) is 1.81. The van der Waals surface area contributed by atoms with Crippen molar-refractivity contribution in [2.45, 2.75) is 0 Å². The third-order valence-corrected chi connectivity index (χ3v) is 1.11. The van der Waals surface area contributed by atoms with Gasteiger partial charge in [0.2, 0.25) is 6.41 Å². The van der Waals surface area contributed by atoms with E-state index in [4.69, 9.17) is 0 Å². The summed E-state index contributed by atoms with van der Waals surface area (Å²) in [5.74, 6) is 0. The van der Waals surface area contributed by atoms with Crippen molar-refractivity contribution in [2.75, 3.05) is 11.9 Å². The zero-order chi connectivity index (χ0) is 7.40. The number of hydrogen-bond donors (Lipinski definition) is 0. The summed E-state index contributed by atoms with van der Waals surface area (Å²) >= 11 is 0. The third kappa shape index (κ3) is 1.28. The van der Waals surface area contributed by atoms with E-state index in [2.05, 4.69) is 9.97 Å². The summed E-state index contributed by atoms with van der Waals surface area (Å²) in [6.07, 6.45) is 5.27. The first-order valence-corrected chi connectivity index (χ1v) is 2.77. The fourth-order valence-corrected chi connectivity index (χ4v) is 0.534. The summed E-state index contributed by atoms with van der Waals surface area (Å²) in [5.41, 5.74) is 0.692. The van der Waals surface area contributed by atoms with Gasteiger partial charge < -0.3 is 4.90 Å². The van der Waals surface area contributed by atoms with Crippen molar-refractivity contribution < 1.29 is 4.79 Å². The number of carbonyl (C=O) groups excluding carboxylic acids is 1. The van der Waals surface area contributed by atoms with E-state index in [0.29, 0.717) is 12.1 Å². The Morgan fingerprint density at radius 3 is 2.60 bits per heavy atom. The second kappa shape index (κ2) is 2.91. The van der Waals surface area contributed by atoms with Crippen molar-refractivity contribution in [3.8, 4) is 0 Å². The molecule has 0 radical (unpaired) electrons. The molecular formula is C6H7N3O. The van der Waals surface area contributed by atoms with Gasteiger partial charge in [-0.15, -0.1) is 0 Å². The van der Waals surface area contributed by atoms with Gasteiger partial charge in [0.15, 0.2) is 0 Å². The van der Waals surface area contributed by atoms with E-state index in [1.165, 1.54) is 11.2 Å². The highest BCUT2D eigenvalue weighted by atomic mass is 16.1. The third-order valence-electron chi connectivity index (χ3n) is 1.11. The van der Waals surface area contributed by atoms with E-state index < -0.39 is 0 Å². The van der Waals surface area contributed by atoms with Crippen LogP contribution < -0.4 is 4.90 Å². The van der Waals surface area contributed by atoms with Crippen molar-refractivity contribution in [2.24, 2.45) is 0 Å². The Morgan fingerprint density at radius 1 is 1.50 bits per heavy atom. The average molecular weight is 137 g/mol. The highest BCUT2D eigenvalue weighted by molar-refractivity contribution is 5.72. The van der Waals surface area contributed by atoms with Crippen molar-refractivity contribution in [3.05, 3.63) is 18.7 Å². The number of carbonyl (C=O) groups is 1. The van der Waals surface area contributed by atoms with Crippen molar-refractivity contribution in [3.63, 3.8) is 0 Å². The minimum absolute atomic E-state index is 0.692. The molecule has 0 bridgehead atoms. The van der Waals surface area contributed by atoms with Gasteiger partial charge in [-0.05, 0) is 0 Å². The second-order valence-corrected chi connectivity index (χ2v) is 1.81.